The van der Waals surface area contributed by atoms with Crippen molar-refractivity contribution in [3.63, 3.8) is 0 Å². The van der Waals surface area contributed by atoms with Gasteiger partial charge in [0.25, 0.3) is 0 Å². The number of rotatable bonds is 4. The maximum absolute atomic E-state index is 12.4. The third-order valence-corrected chi connectivity index (χ3v) is 3.79. The zero-order valence-electron chi connectivity index (χ0n) is 12.1. The highest BCUT2D eigenvalue weighted by Gasteiger charge is 2.49. The fourth-order valence-corrected chi connectivity index (χ4v) is 2.71. The number of carbonyl (C=O) groups is 2. The second-order valence-corrected chi connectivity index (χ2v) is 5.20. The summed E-state index contributed by atoms with van der Waals surface area (Å²) >= 11 is 0. The summed E-state index contributed by atoms with van der Waals surface area (Å²) in [5.41, 5.74) is -0.137. The monoisotopic (exact) mass is 285 g/mol. The number of nitrogens with zero attached hydrogens (tertiary/aromatic N) is 1. The molecule has 0 saturated carbocycles. The molecule has 2 rings (SSSR count). The molecule has 4 heteroatoms. The number of morpholine rings is 1. The van der Waals surface area contributed by atoms with Crippen LogP contribution in [-0.4, -0.2) is 28.9 Å². The Balaban J connectivity index is 2.50. The quantitative estimate of drug-likeness (QED) is 0.485. The molecule has 1 aliphatic heterocycles. The zero-order chi connectivity index (χ0) is 15.5. The zero-order valence-corrected chi connectivity index (χ0v) is 12.1. The van der Waals surface area contributed by atoms with Crippen molar-refractivity contribution in [2.24, 2.45) is 0 Å². The molecule has 2 atom stereocenters. The van der Waals surface area contributed by atoms with Gasteiger partial charge < -0.3 is 9.64 Å². The summed E-state index contributed by atoms with van der Waals surface area (Å²) in [5.74, 6) is -0.699. The van der Waals surface area contributed by atoms with E-state index in [9.17, 15) is 9.59 Å². The number of esters is 1. The largest absolute Gasteiger partial charge is 0.461 e. The van der Waals surface area contributed by atoms with E-state index in [4.69, 9.17) is 4.74 Å². The van der Waals surface area contributed by atoms with Gasteiger partial charge in [-0.3, -0.25) is 4.79 Å². The Morgan fingerprint density at radius 2 is 2.10 bits per heavy atom. The van der Waals surface area contributed by atoms with E-state index in [0.717, 1.165) is 5.56 Å². The standard InChI is InChI=1S/C17H19NO3/c1-4-11-17(3)16(20)21-12-14(18(17)15(19)5-2)13-9-7-6-8-10-13/h4-10,14H,1-2,11-12H2,3H3/t14-,17+/m0/s1. The highest BCUT2D eigenvalue weighted by Crippen LogP contribution is 2.36. The Bertz CT molecular complexity index is 567. The van der Waals surface area contributed by atoms with Crippen LogP contribution in [0.25, 0.3) is 0 Å². The van der Waals surface area contributed by atoms with Crippen molar-refractivity contribution in [1.29, 1.82) is 0 Å². The number of cyclic esters (lactones) is 1. The average Bonchev–Trinajstić information content (AvgIpc) is 2.50. The minimum Gasteiger partial charge on any atom is -0.461 e. The van der Waals surface area contributed by atoms with Gasteiger partial charge in [0, 0.05) is 0 Å². The average molecular weight is 285 g/mol. The van der Waals surface area contributed by atoms with Gasteiger partial charge in [0.05, 0.1) is 6.04 Å². The predicted octanol–water partition coefficient (Wildman–Crippen LogP) is 2.63. The van der Waals surface area contributed by atoms with Crippen molar-refractivity contribution in [1.82, 2.24) is 4.90 Å². The van der Waals surface area contributed by atoms with Crippen molar-refractivity contribution in [3.8, 4) is 0 Å². The number of amides is 1. The van der Waals surface area contributed by atoms with Crippen LogP contribution in [0.5, 0.6) is 0 Å². The summed E-state index contributed by atoms with van der Waals surface area (Å²) in [6.07, 6.45) is 3.18. The lowest BCUT2D eigenvalue weighted by Gasteiger charge is -2.46. The van der Waals surface area contributed by atoms with Crippen molar-refractivity contribution in [3.05, 3.63) is 61.2 Å². The number of benzene rings is 1. The molecule has 4 nitrogen and oxygen atoms in total. The summed E-state index contributed by atoms with van der Waals surface area (Å²) in [7, 11) is 0. The molecule has 21 heavy (non-hydrogen) atoms. The van der Waals surface area contributed by atoms with E-state index < -0.39 is 11.5 Å². The molecular formula is C17H19NO3. The van der Waals surface area contributed by atoms with Crippen LogP contribution in [-0.2, 0) is 14.3 Å². The fourth-order valence-electron chi connectivity index (χ4n) is 2.71. The maximum atomic E-state index is 12.4. The number of hydrogen-bond donors (Lipinski definition) is 0. The smallest absolute Gasteiger partial charge is 0.332 e. The fraction of sp³-hybridized carbons (Fsp3) is 0.294. The lowest BCUT2D eigenvalue weighted by Crippen LogP contribution is -2.60. The second kappa shape index (κ2) is 5.95. The molecule has 1 aliphatic rings. The molecule has 1 fully saturated rings. The minimum atomic E-state index is -1.06. The Hall–Kier alpha value is -2.36. The van der Waals surface area contributed by atoms with Crippen molar-refractivity contribution >= 4 is 11.9 Å². The Morgan fingerprint density at radius 3 is 2.67 bits per heavy atom. The van der Waals surface area contributed by atoms with E-state index >= 15 is 0 Å². The van der Waals surface area contributed by atoms with Gasteiger partial charge in [-0.2, -0.15) is 0 Å². The number of carbonyl (C=O) groups excluding carboxylic acids is 2. The van der Waals surface area contributed by atoms with Crippen molar-refractivity contribution in [2.45, 2.75) is 24.9 Å². The van der Waals surface area contributed by atoms with Gasteiger partial charge in [0.2, 0.25) is 5.91 Å². The van der Waals surface area contributed by atoms with E-state index in [1.165, 1.54) is 6.08 Å². The maximum Gasteiger partial charge on any atom is 0.332 e. The summed E-state index contributed by atoms with van der Waals surface area (Å²) in [5, 5.41) is 0. The van der Waals surface area contributed by atoms with Crippen LogP contribution in [0.4, 0.5) is 0 Å². The molecule has 0 spiro atoms. The SMILES string of the molecule is C=CC[C@]1(C)C(=O)OC[C@@H](c2ccccc2)N1C(=O)C=C. The first-order valence-electron chi connectivity index (χ1n) is 6.83. The van der Waals surface area contributed by atoms with Crippen LogP contribution >= 0.6 is 0 Å². The number of hydrogen-bond acceptors (Lipinski definition) is 3. The molecule has 0 bridgehead atoms. The van der Waals surface area contributed by atoms with Crippen molar-refractivity contribution < 1.29 is 14.3 Å². The van der Waals surface area contributed by atoms with Crippen molar-refractivity contribution in [2.75, 3.05) is 6.61 Å². The van der Waals surface area contributed by atoms with Crippen LogP contribution in [0.1, 0.15) is 24.9 Å². The van der Waals surface area contributed by atoms with Crippen LogP contribution in [0.2, 0.25) is 0 Å². The van der Waals surface area contributed by atoms with Gasteiger partial charge in [-0.15, -0.1) is 6.58 Å². The molecule has 110 valence electrons. The van der Waals surface area contributed by atoms with Crippen LogP contribution in [0.15, 0.2) is 55.6 Å². The molecule has 0 aliphatic carbocycles. The lowest BCUT2D eigenvalue weighted by atomic mass is 9.89. The minimum absolute atomic E-state index is 0.148. The second-order valence-electron chi connectivity index (χ2n) is 5.20. The van der Waals surface area contributed by atoms with Gasteiger partial charge in [-0.05, 0) is 25.0 Å². The first-order chi connectivity index (χ1) is 10.0. The summed E-state index contributed by atoms with van der Waals surface area (Å²) in [4.78, 5) is 26.1. The predicted molar refractivity (Wildman–Crippen MR) is 80.4 cm³/mol. The lowest BCUT2D eigenvalue weighted by molar-refractivity contribution is -0.179. The molecule has 1 aromatic carbocycles. The number of ether oxygens (including phenoxy) is 1. The third kappa shape index (κ3) is 2.61. The molecule has 1 amide bonds. The van der Waals surface area contributed by atoms with E-state index in [1.807, 2.05) is 30.3 Å². The van der Waals surface area contributed by atoms with E-state index in [1.54, 1.807) is 17.9 Å². The molecule has 0 unspecified atom stereocenters. The molecular weight excluding hydrogens is 266 g/mol. The van der Waals surface area contributed by atoms with E-state index in [0.29, 0.717) is 6.42 Å². The van der Waals surface area contributed by atoms with Gasteiger partial charge in [0.15, 0.2) is 0 Å². The van der Waals surface area contributed by atoms with Gasteiger partial charge >= 0.3 is 5.97 Å². The topological polar surface area (TPSA) is 46.6 Å². The van der Waals surface area contributed by atoms with Gasteiger partial charge in [-0.25, -0.2) is 4.79 Å². The Labute approximate surface area is 124 Å². The Morgan fingerprint density at radius 1 is 1.43 bits per heavy atom. The summed E-state index contributed by atoms with van der Waals surface area (Å²) in [6.45, 7) is 9.08. The highest BCUT2D eigenvalue weighted by molar-refractivity contribution is 5.94. The van der Waals surface area contributed by atoms with Crippen LogP contribution in [0.3, 0.4) is 0 Å². The normalized spacial score (nSPS) is 25.1. The third-order valence-electron chi connectivity index (χ3n) is 3.79. The van der Waals surface area contributed by atoms with Gasteiger partial charge in [-0.1, -0.05) is 43.0 Å². The Kier molecular flexibility index (Phi) is 4.26. The molecule has 0 N–H and O–H groups in total. The first kappa shape index (κ1) is 15.0. The highest BCUT2D eigenvalue weighted by atomic mass is 16.5. The van der Waals surface area contributed by atoms with Crippen LogP contribution < -0.4 is 0 Å². The van der Waals surface area contributed by atoms with Gasteiger partial charge in [0.1, 0.15) is 12.1 Å². The summed E-state index contributed by atoms with van der Waals surface area (Å²) in [6, 6.07) is 9.21. The van der Waals surface area contributed by atoms with E-state index in [2.05, 4.69) is 13.2 Å². The molecule has 1 aromatic rings. The molecule has 1 heterocycles. The van der Waals surface area contributed by atoms with Crippen LogP contribution in [0, 0.1) is 0 Å². The molecule has 0 radical (unpaired) electrons. The first-order valence-corrected chi connectivity index (χ1v) is 6.83. The molecule has 1 saturated heterocycles. The molecule has 0 aromatic heterocycles. The summed E-state index contributed by atoms with van der Waals surface area (Å²) < 4.78 is 5.32. The van der Waals surface area contributed by atoms with E-state index in [-0.39, 0.29) is 18.6 Å².